The largest absolute Gasteiger partial charge is 0.493 e. The lowest BCUT2D eigenvalue weighted by Crippen LogP contribution is -2.47. The lowest BCUT2D eigenvalue weighted by molar-refractivity contribution is -0.142. The number of nitriles is 1. The number of aryl methyl sites for hydroxylation is 1. The summed E-state index contributed by atoms with van der Waals surface area (Å²) in [4.78, 5) is 27.8. The van der Waals surface area contributed by atoms with E-state index < -0.39 is 11.8 Å². The van der Waals surface area contributed by atoms with Crippen molar-refractivity contribution in [2.75, 3.05) is 6.61 Å². The number of imide groups is 1. The summed E-state index contributed by atoms with van der Waals surface area (Å²) in [6, 6.07) is 17.3. The third-order valence-corrected chi connectivity index (χ3v) is 6.90. The van der Waals surface area contributed by atoms with Crippen molar-refractivity contribution in [3.05, 3.63) is 82.6 Å². The normalized spacial score (nSPS) is 15.7. The molecule has 39 heavy (non-hydrogen) atoms. The molecule has 0 fully saturated rings. The summed E-state index contributed by atoms with van der Waals surface area (Å²) in [7, 11) is 0. The van der Waals surface area contributed by atoms with Gasteiger partial charge in [0.1, 0.15) is 23.1 Å². The predicted octanol–water partition coefficient (Wildman–Crippen LogP) is 6.27. The Kier molecular flexibility index (Phi) is 8.15. The molecule has 3 aromatic rings. The van der Waals surface area contributed by atoms with Crippen molar-refractivity contribution in [1.82, 2.24) is 14.7 Å². The van der Waals surface area contributed by atoms with E-state index in [9.17, 15) is 14.9 Å². The zero-order valence-corrected chi connectivity index (χ0v) is 23.4. The van der Waals surface area contributed by atoms with Crippen LogP contribution in [-0.2, 0) is 9.59 Å². The molecular weight excluding hydrogens is 488 g/mol. The molecule has 2 aromatic carbocycles. The summed E-state index contributed by atoms with van der Waals surface area (Å²) in [6.07, 6.45) is 4.21. The number of carbonyl (C=O) groups is 2. The van der Waals surface area contributed by atoms with Crippen LogP contribution in [0.5, 0.6) is 5.75 Å². The number of rotatable bonds is 8. The average molecular weight is 523 g/mol. The van der Waals surface area contributed by atoms with Gasteiger partial charge in [-0.1, -0.05) is 39.0 Å². The molecule has 1 aliphatic heterocycles. The monoisotopic (exact) mass is 522 g/mol. The maximum atomic E-state index is 13.6. The zero-order chi connectivity index (χ0) is 28.3. The number of carbonyl (C=O) groups excluding carboxylic acids is 2. The van der Waals surface area contributed by atoms with E-state index in [4.69, 9.17) is 9.84 Å². The molecule has 1 aromatic heterocycles. The van der Waals surface area contributed by atoms with Gasteiger partial charge < -0.3 is 4.74 Å². The van der Waals surface area contributed by atoms with Crippen molar-refractivity contribution < 1.29 is 14.3 Å². The molecule has 7 nitrogen and oxygen atoms in total. The van der Waals surface area contributed by atoms with Crippen LogP contribution in [-0.4, -0.2) is 39.1 Å². The van der Waals surface area contributed by atoms with E-state index in [0.717, 1.165) is 22.6 Å². The molecule has 1 unspecified atom stereocenters. The molecule has 0 spiro atoms. The van der Waals surface area contributed by atoms with Gasteiger partial charge in [-0.2, -0.15) is 10.4 Å². The van der Waals surface area contributed by atoms with Crippen LogP contribution in [0.15, 0.2) is 71.4 Å². The first-order valence-corrected chi connectivity index (χ1v) is 13.3. The Bertz CT molecular complexity index is 1510. The number of ether oxygens (including phenoxy) is 1. The number of hydrogen-bond donors (Lipinski definition) is 0. The van der Waals surface area contributed by atoms with Gasteiger partial charge in [0, 0.05) is 28.9 Å². The number of para-hydroxylation sites is 1. The second kappa shape index (κ2) is 11.5. The van der Waals surface area contributed by atoms with Crippen molar-refractivity contribution in [3.63, 3.8) is 0 Å². The standard InChI is InChI=1S/C32H34N4O3/c1-7-22(5)36-31(37)28(23(6)29(17-33)32(36)38)16-24-18-35(25-11-9-8-10-12-25)34-30(24)27-14-13-26(15-21(27)4)39-19-20(2)3/h8-16,18,20,22H,7,19H2,1-6H3/b28-16+. The molecule has 2 amide bonds. The van der Waals surface area contributed by atoms with Crippen molar-refractivity contribution in [1.29, 1.82) is 5.26 Å². The second-order valence-electron chi connectivity index (χ2n) is 10.3. The van der Waals surface area contributed by atoms with Gasteiger partial charge in [0.15, 0.2) is 0 Å². The van der Waals surface area contributed by atoms with Gasteiger partial charge in [-0.3, -0.25) is 14.5 Å². The molecule has 0 saturated carbocycles. The Morgan fingerprint density at radius 1 is 1.05 bits per heavy atom. The van der Waals surface area contributed by atoms with E-state index in [2.05, 4.69) is 13.8 Å². The first-order valence-electron chi connectivity index (χ1n) is 13.3. The van der Waals surface area contributed by atoms with E-state index in [1.54, 1.807) is 17.7 Å². The second-order valence-corrected chi connectivity index (χ2v) is 10.3. The van der Waals surface area contributed by atoms with Gasteiger partial charge >= 0.3 is 0 Å². The Hall–Kier alpha value is -4.44. The average Bonchev–Trinajstić information content (AvgIpc) is 3.34. The summed E-state index contributed by atoms with van der Waals surface area (Å²) in [5.74, 6) is 0.252. The minimum Gasteiger partial charge on any atom is -0.493 e. The number of nitrogens with zero attached hydrogens (tertiary/aromatic N) is 4. The number of hydrogen-bond acceptors (Lipinski definition) is 5. The van der Waals surface area contributed by atoms with E-state index in [1.165, 1.54) is 4.90 Å². The topological polar surface area (TPSA) is 88.2 Å². The van der Waals surface area contributed by atoms with Crippen molar-refractivity contribution in [3.8, 4) is 28.8 Å². The zero-order valence-electron chi connectivity index (χ0n) is 23.4. The van der Waals surface area contributed by atoms with Crippen LogP contribution in [0.2, 0.25) is 0 Å². The molecule has 0 N–H and O–H groups in total. The van der Waals surface area contributed by atoms with Crippen molar-refractivity contribution in [2.24, 2.45) is 5.92 Å². The Balaban J connectivity index is 1.89. The van der Waals surface area contributed by atoms with E-state index in [-0.39, 0.29) is 11.6 Å². The SMILES string of the molecule is CCC(C)N1C(=O)C(C#N)=C(C)/C(=C\c2cn(-c3ccccc3)nc2-c2ccc(OCC(C)C)cc2C)C1=O. The van der Waals surface area contributed by atoms with E-state index in [0.29, 0.717) is 41.3 Å². The molecule has 1 aliphatic rings. The molecule has 4 rings (SSSR count). The molecule has 0 radical (unpaired) electrons. The van der Waals surface area contributed by atoms with Crippen LogP contribution in [0, 0.1) is 24.2 Å². The van der Waals surface area contributed by atoms with Crippen LogP contribution in [0.3, 0.4) is 0 Å². The molecule has 1 atom stereocenters. The fourth-order valence-electron chi connectivity index (χ4n) is 4.51. The van der Waals surface area contributed by atoms with E-state index in [1.807, 2.05) is 81.6 Å². The predicted molar refractivity (Wildman–Crippen MR) is 152 cm³/mol. The summed E-state index contributed by atoms with van der Waals surface area (Å²) in [6.45, 7) is 12.2. The summed E-state index contributed by atoms with van der Waals surface area (Å²) >= 11 is 0. The molecule has 2 heterocycles. The lowest BCUT2D eigenvalue weighted by atomic mass is 9.92. The molecule has 0 bridgehead atoms. The van der Waals surface area contributed by atoms with Crippen LogP contribution >= 0.6 is 0 Å². The van der Waals surface area contributed by atoms with Gasteiger partial charge in [-0.05, 0) is 80.7 Å². The van der Waals surface area contributed by atoms with Gasteiger partial charge in [-0.15, -0.1) is 0 Å². The highest BCUT2D eigenvalue weighted by atomic mass is 16.5. The molecule has 200 valence electrons. The van der Waals surface area contributed by atoms with Crippen molar-refractivity contribution >= 4 is 17.9 Å². The lowest BCUT2D eigenvalue weighted by Gasteiger charge is -2.31. The van der Waals surface area contributed by atoms with Gasteiger partial charge in [0.05, 0.1) is 12.3 Å². The highest BCUT2D eigenvalue weighted by Gasteiger charge is 2.38. The van der Waals surface area contributed by atoms with E-state index >= 15 is 0 Å². The minimum absolute atomic E-state index is 0.0130. The van der Waals surface area contributed by atoms with Crippen LogP contribution < -0.4 is 4.74 Å². The smallest absolute Gasteiger partial charge is 0.271 e. The fourth-order valence-corrected chi connectivity index (χ4v) is 4.51. The third kappa shape index (κ3) is 5.56. The maximum Gasteiger partial charge on any atom is 0.271 e. The van der Waals surface area contributed by atoms with Gasteiger partial charge in [0.25, 0.3) is 11.8 Å². The van der Waals surface area contributed by atoms with Crippen LogP contribution in [0.4, 0.5) is 0 Å². The highest BCUT2D eigenvalue weighted by molar-refractivity contribution is 6.20. The molecule has 0 aliphatic carbocycles. The summed E-state index contributed by atoms with van der Waals surface area (Å²) in [5.41, 5.74) is 4.81. The summed E-state index contributed by atoms with van der Waals surface area (Å²) < 4.78 is 7.69. The first-order chi connectivity index (χ1) is 18.7. The Morgan fingerprint density at radius 3 is 2.38 bits per heavy atom. The van der Waals surface area contributed by atoms with Crippen LogP contribution in [0.25, 0.3) is 23.0 Å². The Labute approximate surface area is 230 Å². The van der Waals surface area contributed by atoms with Gasteiger partial charge in [0.2, 0.25) is 0 Å². The number of amides is 2. The molecular formula is C32H34N4O3. The fraction of sp³-hybridized carbons (Fsp3) is 0.312. The number of aromatic nitrogens is 2. The number of benzene rings is 2. The summed E-state index contributed by atoms with van der Waals surface area (Å²) in [5, 5.41) is 14.7. The molecule has 0 saturated heterocycles. The minimum atomic E-state index is -0.542. The van der Waals surface area contributed by atoms with Gasteiger partial charge in [-0.25, -0.2) is 4.68 Å². The molecule has 7 heteroatoms. The van der Waals surface area contributed by atoms with Crippen LogP contribution in [0.1, 0.15) is 52.2 Å². The first kappa shape index (κ1) is 27.6. The maximum absolute atomic E-state index is 13.6. The quantitative estimate of drug-likeness (QED) is 0.257. The third-order valence-electron chi connectivity index (χ3n) is 6.90. The van der Waals surface area contributed by atoms with Crippen molar-refractivity contribution in [2.45, 2.75) is 54.0 Å². The Morgan fingerprint density at radius 2 is 1.77 bits per heavy atom. The highest BCUT2D eigenvalue weighted by Crippen LogP contribution is 2.34.